The van der Waals surface area contributed by atoms with Crippen LogP contribution in [0.3, 0.4) is 0 Å². The molecule has 4 nitrogen and oxygen atoms in total. The predicted octanol–water partition coefficient (Wildman–Crippen LogP) is 7.06. The molecule has 0 saturated heterocycles. The van der Waals surface area contributed by atoms with E-state index in [2.05, 4.69) is 81.6 Å². The highest BCUT2D eigenvalue weighted by molar-refractivity contribution is 9.10. The number of hydrogen-bond acceptors (Lipinski definition) is 4. The number of hydrogen-bond donors (Lipinski definition) is 0. The van der Waals surface area contributed by atoms with Crippen molar-refractivity contribution in [3.8, 4) is 11.5 Å². The third kappa shape index (κ3) is 3.54. The maximum absolute atomic E-state index is 6.82. The second-order valence-electron chi connectivity index (χ2n) is 9.23. The van der Waals surface area contributed by atoms with Crippen LogP contribution in [-0.4, -0.2) is 23.6 Å². The summed E-state index contributed by atoms with van der Waals surface area (Å²) in [4.78, 5) is 0. The first-order valence-corrected chi connectivity index (χ1v) is 12.5. The summed E-state index contributed by atoms with van der Waals surface area (Å²) in [5, 5.41) is 7.50. The van der Waals surface area contributed by atoms with Gasteiger partial charge in [-0.2, -0.15) is 5.10 Å². The van der Waals surface area contributed by atoms with Crippen molar-refractivity contribution in [1.82, 2.24) is 5.01 Å². The van der Waals surface area contributed by atoms with Gasteiger partial charge in [-0.15, -0.1) is 0 Å². The highest BCUT2D eigenvalue weighted by Gasteiger charge is 2.52. The fraction of sp³-hybridized carbons (Fsp3) is 0.321. The van der Waals surface area contributed by atoms with Gasteiger partial charge in [-0.25, -0.2) is 5.01 Å². The number of fused-ring (bicyclic) bond motifs is 4. The van der Waals surface area contributed by atoms with E-state index in [1.807, 2.05) is 12.1 Å². The van der Waals surface area contributed by atoms with E-state index >= 15 is 0 Å². The number of nitrogens with zero attached hydrogens (tertiary/aromatic N) is 2. The summed E-state index contributed by atoms with van der Waals surface area (Å²) in [6.07, 6.45) is 4.96. The van der Waals surface area contributed by atoms with E-state index in [0.717, 1.165) is 59.4 Å². The van der Waals surface area contributed by atoms with Crippen molar-refractivity contribution in [3.63, 3.8) is 0 Å². The largest absolute Gasteiger partial charge is 0.496 e. The van der Waals surface area contributed by atoms with Gasteiger partial charge in [0.1, 0.15) is 11.5 Å². The number of rotatable bonds is 3. The number of halogens is 1. The third-order valence-electron chi connectivity index (χ3n) is 7.41. The highest BCUT2D eigenvalue weighted by Crippen LogP contribution is 2.53. The van der Waals surface area contributed by atoms with Crippen LogP contribution in [0.4, 0.5) is 0 Å². The maximum Gasteiger partial charge on any atom is 0.198 e. The van der Waals surface area contributed by atoms with E-state index in [0.29, 0.717) is 5.92 Å². The lowest BCUT2D eigenvalue weighted by atomic mass is 9.78. The lowest BCUT2D eigenvalue weighted by Gasteiger charge is -2.50. The zero-order chi connectivity index (χ0) is 22.4. The van der Waals surface area contributed by atoms with Gasteiger partial charge in [0.15, 0.2) is 5.72 Å². The minimum absolute atomic E-state index is 0.166. The highest BCUT2D eigenvalue weighted by atomic mass is 79.9. The topological polar surface area (TPSA) is 34.1 Å². The summed E-state index contributed by atoms with van der Waals surface area (Å²) < 4.78 is 13.6. The molecular weight excluding hydrogens is 476 g/mol. The van der Waals surface area contributed by atoms with Crippen LogP contribution in [0.25, 0.3) is 0 Å². The van der Waals surface area contributed by atoms with Crippen LogP contribution < -0.4 is 9.47 Å². The van der Waals surface area contributed by atoms with Crippen molar-refractivity contribution in [3.05, 3.63) is 94.0 Å². The molecule has 0 aromatic heterocycles. The minimum Gasteiger partial charge on any atom is -0.496 e. The Bertz CT molecular complexity index is 1200. The first kappa shape index (κ1) is 20.8. The average Bonchev–Trinajstić information content (AvgIpc) is 3.32. The van der Waals surface area contributed by atoms with Gasteiger partial charge in [0.05, 0.1) is 18.9 Å². The quantitative estimate of drug-likeness (QED) is 0.384. The van der Waals surface area contributed by atoms with Gasteiger partial charge in [-0.1, -0.05) is 58.4 Å². The molecule has 5 heteroatoms. The summed E-state index contributed by atoms with van der Waals surface area (Å²) in [6, 6.07) is 25.6. The Morgan fingerprint density at radius 3 is 2.55 bits per heavy atom. The summed E-state index contributed by atoms with van der Waals surface area (Å²) in [5.41, 5.74) is 4.37. The van der Waals surface area contributed by atoms with Crippen LogP contribution in [0.2, 0.25) is 0 Å². The molecule has 0 bridgehead atoms. The molecule has 3 aromatic rings. The molecule has 0 radical (unpaired) electrons. The van der Waals surface area contributed by atoms with E-state index in [4.69, 9.17) is 14.6 Å². The summed E-state index contributed by atoms with van der Waals surface area (Å²) in [7, 11) is 1.73. The molecule has 168 valence electrons. The van der Waals surface area contributed by atoms with E-state index < -0.39 is 5.72 Å². The Hall–Kier alpha value is -2.79. The number of ether oxygens (including phenoxy) is 2. The second-order valence-corrected chi connectivity index (χ2v) is 10.1. The Balaban J connectivity index is 1.38. The van der Waals surface area contributed by atoms with Crippen molar-refractivity contribution in [2.45, 2.75) is 49.8 Å². The van der Waals surface area contributed by atoms with Gasteiger partial charge < -0.3 is 9.47 Å². The zero-order valence-corrected chi connectivity index (χ0v) is 20.3. The fourth-order valence-corrected chi connectivity index (χ4v) is 6.14. The van der Waals surface area contributed by atoms with Gasteiger partial charge in [-0.3, -0.25) is 0 Å². The molecule has 1 saturated carbocycles. The van der Waals surface area contributed by atoms with Gasteiger partial charge >= 0.3 is 0 Å². The zero-order valence-electron chi connectivity index (χ0n) is 18.7. The molecule has 3 aliphatic rings. The number of hydrazone groups is 1. The molecule has 0 N–H and O–H groups in total. The second kappa shape index (κ2) is 8.21. The molecular formula is C28H27BrN2O2. The molecule has 1 atom stereocenters. The molecule has 0 unspecified atom stereocenters. The lowest BCUT2D eigenvalue weighted by Crippen LogP contribution is -2.55. The van der Waals surface area contributed by atoms with Gasteiger partial charge in [0.2, 0.25) is 0 Å². The monoisotopic (exact) mass is 502 g/mol. The van der Waals surface area contributed by atoms with Crippen LogP contribution >= 0.6 is 15.9 Å². The van der Waals surface area contributed by atoms with Crippen LogP contribution in [0, 0.1) is 0 Å². The molecule has 1 spiro atoms. The van der Waals surface area contributed by atoms with Crippen molar-refractivity contribution in [1.29, 1.82) is 0 Å². The van der Waals surface area contributed by atoms with Crippen molar-refractivity contribution in [2.24, 2.45) is 5.10 Å². The fourth-order valence-electron chi connectivity index (χ4n) is 5.76. The van der Waals surface area contributed by atoms with Crippen molar-refractivity contribution < 1.29 is 9.47 Å². The van der Waals surface area contributed by atoms with Crippen LogP contribution in [0.5, 0.6) is 11.5 Å². The van der Waals surface area contributed by atoms with Crippen LogP contribution in [-0.2, 0) is 0 Å². The number of para-hydroxylation sites is 1. The SMILES string of the molecule is COc1ccccc1C1=NN2[C@@H](C1)c1cc(Br)ccc1OC21CCC(c2ccccc2)CC1. The standard InChI is InChI=1S/C28H27BrN2O2/c1-32-26-10-6-5-9-22(26)24-18-25-23-17-21(29)11-12-27(23)33-28(31(25)30-24)15-13-20(14-16-28)19-7-3-2-4-8-19/h2-12,17,20,25H,13-16,18H2,1H3/t20?,25-,28?/m0/s1. The molecule has 6 rings (SSSR count). The van der Waals surface area contributed by atoms with E-state index in [-0.39, 0.29) is 6.04 Å². The summed E-state index contributed by atoms with van der Waals surface area (Å²) in [5.74, 6) is 2.44. The van der Waals surface area contributed by atoms with Crippen molar-refractivity contribution in [2.75, 3.05) is 7.11 Å². The minimum atomic E-state index is -0.402. The van der Waals surface area contributed by atoms with E-state index in [1.54, 1.807) is 7.11 Å². The molecule has 3 aromatic carbocycles. The van der Waals surface area contributed by atoms with Crippen molar-refractivity contribution >= 4 is 21.6 Å². The maximum atomic E-state index is 6.82. The van der Waals surface area contributed by atoms with Crippen LogP contribution in [0.15, 0.2) is 82.4 Å². The van der Waals surface area contributed by atoms with E-state index in [1.165, 1.54) is 11.1 Å². The predicted molar refractivity (Wildman–Crippen MR) is 134 cm³/mol. The first-order chi connectivity index (χ1) is 16.2. The number of methoxy groups -OCH3 is 1. The Kier molecular flexibility index (Phi) is 5.17. The summed E-state index contributed by atoms with van der Waals surface area (Å²) >= 11 is 3.66. The van der Waals surface area contributed by atoms with Gasteiger partial charge in [0, 0.05) is 34.9 Å². The molecule has 1 fully saturated rings. The van der Waals surface area contributed by atoms with Crippen LogP contribution in [0.1, 0.15) is 60.8 Å². The lowest BCUT2D eigenvalue weighted by molar-refractivity contribution is -0.142. The Morgan fingerprint density at radius 1 is 1.00 bits per heavy atom. The van der Waals surface area contributed by atoms with Gasteiger partial charge in [-0.05, 0) is 54.7 Å². The molecule has 0 amide bonds. The third-order valence-corrected chi connectivity index (χ3v) is 7.91. The normalized spacial score (nSPS) is 25.8. The number of benzene rings is 3. The average molecular weight is 503 g/mol. The van der Waals surface area contributed by atoms with E-state index in [9.17, 15) is 0 Å². The Morgan fingerprint density at radius 2 is 1.76 bits per heavy atom. The van der Waals surface area contributed by atoms with Gasteiger partial charge in [0.25, 0.3) is 0 Å². The molecule has 2 aliphatic heterocycles. The summed E-state index contributed by atoms with van der Waals surface area (Å²) in [6.45, 7) is 0. The Labute approximate surface area is 203 Å². The first-order valence-electron chi connectivity index (χ1n) is 11.7. The smallest absolute Gasteiger partial charge is 0.198 e. The molecule has 1 aliphatic carbocycles. The molecule has 2 heterocycles. The molecule has 33 heavy (non-hydrogen) atoms.